The normalized spacial score (nSPS) is 19.2. The number of ether oxygens (including phenoxy) is 1. The van der Waals surface area contributed by atoms with Gasteiger partial charge in [0.15, 0.2) is 5.17 Å². The number of aromatic nitrogens is 1. The Morgan fingerprint density at radius 3 is 3.00 bits per heavy atom. The van der Waals surface area contributed by atoms with Crippen LogP contribution in [0.3, 0.4) is 0 Å². The number of hydrogen-bond donors (Lipinski definition) is 1. The van der Waals surface area contributed by atoms with Crippen LogP contribution in [0.25, 0.3) is 0 Å². The molecule has 1 N–H and O–H groups in total. The second-order valence-electron chi connectivity index (χ2n) is 4.08. The van der Waals surface area contributed by atoms with Crippen molar-refractivity contribution in [2.24, 2.45) is 4.99 Å². The van der Waals surface area contributed by atoms with Gasteiger partial charge in [-0.05, 0) is 25.8 Å². The molecule has 1 aromatic heterocycles. The van der Waals surface area contributed by atoms with Gasteiger partial charge < -0.3 is 10.1 Å². The van der Waals surface area contributed by atoms with E-state index in [0.29, 0.717) is 18.5 Å². The van der Waals surface area contributed by atoms with Gasteiger partial charge in [0.1, 0.15) is 0 Å². The Morgan fingerprint density at radius 2 is 2.33 bits per heavy atom. The van der Waals surface area contributed by atoms with Crippen molar-refractivity contribution in [3.63, 3.8) is 0 Å². The van der Waals surface area contributed by atoms with Gasteiger partial charge in [0, 0.05) is 11.8 Å². The zero-order valence-corrected chi connectivity index (χ0v) is 11.7. The molecule has 0 saturated heterocycles. The maximum absolute atomic E-state index is 5.31. The molecular formula is C13H19N3OS. The molecule has 2 heterocycles. The van der Waals surface area contributed by atoms with Gasteiger partial charge in [-0.25, -0.2) is 4.98 Å². The number of pyridine rings is 1. The predicted molar refractivity (Wildman–Crippen MR) is 77.6 cm³/mol. The second kappa shape index (κ2) is 6.64. The molecule has 0 aromatic carbocycles. The minimum atomic E-state index is 0.462. The van der Waals surface area contributed by atoms with Crippen LogP contribution in [0.2, 0.25) is 0 Å². The zero-order valence-electron chi connectivity index (χ0n) is 10.8. The quantitative estimate of drug-likeness (QED) is 0.908. The lowest BCUT2D eigenvalue weighted by molar-refractivity contribution is 0.327. The van der Waals surface area contributed by atoms with Crippen LogP contribution in [0.5, 0.6) is 5.88 Å². The first-order valence-corrected chi connectivity index (χ1v) is 7.36. The number of rotatable bonds is 4. The van der Waals surface area contributed by atoms with Crippen LogP contribution < -0.4 is 10.1 Å². The Balaban J connectivity index is 1.98. The molecule has 1 aromatic rings. The highest BCUT2D eigenvalue weighted by Crippen LogP contribution is 2.21. The number of hydrogen-bond acceptors (Lipinski definition) is 5. The van der Waals surface area contributed by atoms with E-state index in [1.165, 1.54) is 6.42 Å². The lowest BCUT2D eigenvalue weighted by Gasteiger charge is -2.19. The summed E-state index contributed by atoms with van der Waals surface area (Å²) < 4.78 is 5.31. The van der Waals surface area contributed by atoms with Crippen molar-refractivity contribution in [3.8, 4) is 5.88 Å². The van der Waals surface area contributed by atoms with Gasteiger partial charge in [0.05, 0.1) is 24.5 Å². The molecule has 5 heteroatoms. The Labute approximate surface area is 112 Å². The second-order valence-corrected chi connectivity index (χ2v) is 5.16. The van der Waals surface area contributed by atoms with E-state index in [0.717, 1.165) is 23.0 Å². The molecule has 4 nitrogen and oxygen atoms in total. The molecule has 1 aliphatic rings. The Bertz CT molecular complexity index is 405. The fraction of sp³-hybridized carbons (Fsp3) is 0.538. The summed E-state index contributed by atoms with van der Waals surface area (Å²) in [6.45, 7) is 4.77. The fourth-order valence-electron chi connectivity index (χ4n) is 1.73. The predicted octanol–water partition coefficient (Wildman–Crippen LogP) is 3.16. The largest absolute Gasteiger partial charge is 0.478 e. The molecule has 0 bridgehead atoms. The average molecular weight is 265 g/mol. The minimum absolute atomic E-state index is 0.462. The van der Waals surface area contributed by atoms with Crippen molar-refractivity contribution in [1.82, 2.24) is 4.98 Å². The summed E-state index contributed by atoms with van der Waals surface area (Å²) in [5, 5.41) is 4.31. The van der Waals surface area contributed by atoms with Crippen LogP contribution in [-0.4, -0.2) is 28.6 Å². The highest BCUT2D eigenvalue weighted by molar-refractivity contribution is 8.14. The van der Waals surface area contributed by atoms with E-state index in [1.54, 1.807) is 18.0 Å². The topological polar surface area (TPSA) is 46.5 Å². The molecule has 0 radical (unpaired) electrons. The van der Waals surface area contributed by atoms with Crippen molar-refractivity contribution >= 4 is 22.6 Å². The molecule has 0 spiro atoms. The summed E-state index contributed by atoms with van der Waals surface area (Å²) in [5.41, 5.74) is 0.960. The van der Waals surface area contributed by atoms with Crippen LogP contribution in [0.4, 0.5) is 5.69 Å². The first-order valence-electron chi connectivity index (χ1n) is 6.38. The summed E-state index contributed by atoms with van der Waals surface area (Å²) in [5.74, 6) is 1.79. The Morgan fingerprint density at radius 1 is 1.44 bits per heavy atom. The number of anilines is 1. The van der Waals surface area contributed by atoms with Gasteiger partial charge in [-0.2, -0.15) is 0 Å². The molecule has 2 rings (SSSR count). The third kappa shape index (κ3) is 3.63. The molecule has 1 aliphatic heterocycles. The van der Waals surface area contributed by atoms with Crippen LogP contribution in [0.15, 0.2) is 23.3 Å². The van der Waals surface area contributed by atoms with Crippen molar-refractivity contribution in [2.75, 3.05) is 17.7 Å². The molecule has 0 saturated carbocycles. The lowest BCUT2D eigenvalue weighted by Crippen LogP contribution is -2.19. The van der Waals surface area contributed by atoms with Gasteiger partial charge >= 0.3 is 0 Å². The maximum atomic E-state index is 5.31. The molecule has 0 fully saturated rings. The minimum Gasteiger partial charge on any atom is -0.478 e. The van der Waals surface area contributed by atoms with E-state index >= 15 is 0 Å². The number of aliphatic imine (C=N–C) groups is 1. The summed E-state index contributed by atoms with van der Waals surface area (Å²) in [6.07, 6.45) is 4.06. The molecule has 0 amide bonds. The monoisotopic (exact) mass is 265 g/mol. The smallest absolute Gasteiger partial charge is 0.213 e. The third-order valence-electron chi connectivity index (χ3n) is 2.74. The first-order chi connectivity index (χ1) is 8.81. The van der Waals surface area contributed by atoms with Crippen molar-refractivity contribution in [1.29, 1.82) is 0 Å². The zero-order chi connectivity index (χ0) is 12.8. The van der Waals surface area contributed by atoms with E-state index in [4.69, 9.17) is 4.74 Å². The summed E-state index contributed by atoms with van der Waals surface area (Å²) in [6, 6.07) is 4.30. The molecular weight excluding hydrogens is 246 g/mol. The maximum Gasteiger partial charge on any atom is 0.213 e. The van der Waals surface area contributed by atoms with Crippen LogP contribution in [-0.2, 0) is 0 Å². The van der Waals surface area contributed by atoms with E-state index < -0.39 is 0 Å². The molecule has 18 heavy (non-hydrogen) atoms. The number of amidine groups is 1. The summed E-state index contributed by atoms with van der Waals surface area (Å²) >= 11 is 1.77. The third-order valence-corrected chi connectivity index (χ3v) is 3.66. The number of nitrogens with one attached hydrogen (secondary N) is 1. The molecule has 98 valence electrons. The highest BCUT2D eigenvalue weighted by Gasteiger charge is 2.13. The molecule has 0 aliphatic carbocycles. The first kappa shape index (κ1) is 13.2. The van der Waals surface area contributed by atoms with Crippen LogP contribution >= 0.6 is 11.8 Å². The van der Waals surface area contributed by atoms with Gasteiger partial charge in [0.2, 0.25) is 5.88 Å². The fourth-order valence-corrected chi connectivity index (χ4v) is 2.73. The van der Waals surface area contributed by atoms with Crippen molar-refractivity contribution in [3.05, 3.63) is 18.3 Å². The van der Waals surface area contributed by atoms with Crippen LogP contribution in [0.1, 0.15) is 26.7 Å². The average Bonchev–Trinajstić information content (AvgIpc) is 2.42. The molecule has 1 atom stereocenters. The van der Waals surface area contributed by atoms with Crippen molar-refractivity contribution in [2.45, 2.75) is 32.7 Å². The van der Waals surface area contributed by atoms with Gasteiger partial charge in [-0.1, -0.05) is 18.7 Å². The van der Waals surface area contributed by atoms with E-state index in [1.807, 2.05) is 19.1 Å². The Hall–Kier alpha value is -1.23. The van der Waals surface area contributed by atoms with Crippen LogP contribution in [0, 0.1) is 0 Å². The van der Waals surface area contributed by atoms with Crippen molar-refractivity contribution < 1.29 is 4.74 Å². The van der Waals surface area contributed by atoms with E-state index in [-0.39, 0.29) is 0 Å². The lowest BCUT2D eigenvalue weighted by atomic mass is 10.2. The Kier molecular flexibility index (Phi) is 4.87. The van der Waals surface area contributed by atoms with Gasteiger partial charge in [-0.3, -0.25) is 4.99 Å². The summed E-state index contributed by atoms with van der Waals surface area (Å²) in [7, 11) is 0. The standard InChI is InChI=1S/C13H19N3OS/c1-3-10-7-8-18-13(15-10)16-11-5-6-12(14-9-11)17-4-2/h5-6,9-10H,3-4,7-8H2,1-2H3,(H,15,16). The highest BCUT2D eigenvalue weighted by atomic mass is 32.2. The summed E-state index contributed by atoms with van der Waals surface area (Å²) in [4.78, 5) is 8.89. The molecule has 1 unspecified atom stereocenters. The van der Waals surface area contributed by atoms with Gasteiger partial charge in [0.25, 0.3) is 0 Å². The van der Waals surface area contributed by atoms with E-state index in [2.05, 4.69) is 22.2 Å². The number of nitrogens with zero attached hydrogens (tertiary/aromatic N) is 2. The number of thioether (sulfide) groups is 1. The van der Waals surface area contributed by atoms with E-state index in [9.17, 15) is 0 Å². The SMILES string of the molecule is CCOc1ccc(NC2=NC(CC)CCS2)cn1. The van der Waals surface area contributed by atoms with Gasteiger partial charge in [-0.15, -0.1) is 0 Å².